The molecule has 0 saturated heterocycles. The minimum atomic E-state index is -0.834. The van der Waals surface area contributed by atoms with Crippen LogP contribution in [-0.2, 0) is 9.53 Å². The first-order valence-corrected chi connectivity index (χ1v) is 9.24. The van der Waals surface area contributed by atoms with E-state index in [-0.39, 0.29) is 23.8 Å². The van der Waals surface area contributed by atoms with Gasteiger partial charge in [0.1, 0.15) is 0 Å². The summed E-state index contributed by atoms with van der Waals surface area (Å²) in [5.41, 5.74) is 1.26. The van der Waals surface area contributed by atoms with E-state index >= 15 is 0 Å². The van der Waals surface area contributed by atoms with E-state index < -0.39 is 11.3 Å². The highest BCUT2D eigenvalue weighted by molar-refractivity contribution is 5.81. The number of likely N-dealkylation sites (N-methyl/N-ethyl adjacent to an activating group) is 1. The molecule has 4 heteroatoms. The average Bonchev–Trinajstić information content (AvgIpc) is 3.38. The summed E-state index contributed by atoms with van der Waals surface area (Å²) in [6, 6.07) is 22.6. The van der Waals surface area contributed by atoms with E-state index in [9.17, 15) is 10.1 Å². The lowest BCUT2D eigenvalue weighted by Gasteiger charge is -2.34. The molecule has 1 fully saturated rings. The lowest BCUT2D eigenvalue weighted by Crippen LogP contribution is -2.37. The van der Waals surface area contributed by atoms with Gasteiger partial charge in [-0.25, -0.2) is 0 Å². The van der Waals surface area contributed by atoms with Crippen LogP contribution in [0.4, 0.5) is 0 Å². The number of esters is 1. The third-order valence-corrected chi connectivity index (χ3v) is 6.03. The Morgan fingerprint density at radius 1 is 1.11 bits per heavy atom. The van der Waals surface area contributed by atoms with Crippen LogP contribution in [0.5, 0.6) is 0 Å². The lowest BCUT2D eigenvalue weighted by atomic mass is 9.75. The molecular formula is C23H26N2O2. The van der Waals surface area contributed by atoms with Crippen molar-refractivity contribution >= 4 is 5.97 Å². The molecule has 2 aromatic carbocycles. The summed E-state index contributed by atoms with van der Waals surface area (Å²) >= 11 is 0. The number of ether oxygens (including phenoxy) is 1. The maximum absolute atomic E-state index is 12.7. The summed E-state index contributed by atoms with van der Waals surface area (Å²) in [5.74, 6) is -1.07. The van der Waals surface area contributed by atoms with Gasteiger partial charge in [-0.2, -0.15) is 5.26 Å². The van der Waals surface area contributed by atoms with E-state index in [4.69, 9.17) is 4.74 Å². The van der Waals surface area contributed by atoms with Crippen molar-refractivity contribution in [2.45, 2.75) is 24.8 Å². The monoisotopic (exact) mass is 362 g/mol. The fourth-order valence-corrected chi connectivity index (χ4v) is 4.50. The first kappa shape index (κ1) is 19.1. The normalized spacial score (nSPS) is 26.1. The molecule has 3 rings (SSSR count). The predicted molar refractivity (Wildman–Crippen MR) is 105 cm³/mol. The summed E-state index contributed by atoms with van der Waals surface area (Å²) in [4.78, 5) is 14.8. The molecule has 1 saturated carbocycles. The zero-order valence-electron chi connectivity index (χ0n) is 16.3. The van der Waals surface area contributed by atoms with Crippen molar-refractivity contribution in [1.82, 2.24) is 4.90 Å². The van der Waals surface area contributed by atoms with Gasteiger partial charge in [0.15, 0.2) is 0 Å². The topological polar surface area (TPSA) is 53.3 Å². The molecule has 0 N–H and O–H groups in total. The second-order valence-electron chi connectivity index (χ2n) is 7.53. The second kappa shape index (κ2) is 7.54. The highest BCUT2D eigenvalue weighted by atomic mass is 16.5. The van der Waals surface area contributed by atoms with Gasteiger partial charge < -0.3 is 9.64 Å². The lowest BCUT2D eigenvalue weighted by molar-refractivity contribution is -0.143. The van der Waals surface area contributed by atoms with Crippen LogP contribution >= 0.6 is 0 Å². The van der Waals surface area contributed by atoms with Gasteiger partial charge in [-0.3, -0.25) is 4.79 Å². The Balaban J connectivity index is 2.17. The minimum Gasteiger partial charge on any atom is -0.469 e. The standard InChI is InChI=1S/C23H26N2O2/c1-16(25(2)3)19(17-11-7-5-8-12-17)23(15-24)20(21(23)22(26)27-4)18-13-9-6-10-14-18/h5-14,16,19-21H,1-4H3/t16-,19+,20+,21-,23+/m0/s1. The summed E-state index contributed by atoms with van der Waals surface area (Å²) in [5, 5.41) is 10.4. The molecule has 0 aliphatic heterocycles. The molecule has 1 aliphatic rings. The van der Waals surface area contributed by atoms with Crippen molar-refractivity contribution in [3.8, 4) is 6.07 Å². The molecule has 1 aliphatic carbocycles. The van der Waals surface area contributed by atoms with Gasteiger partial charge in [0.2, 0.25) is 0 Å². The van der Waals surface area contributed by atoms with E-state index in [1.54, 1.807) is 0 Å². The van der Waals surface area contributed by atoms with E-state index in [0.29, 0.717) is 0 Å². The molecule has 4 nitrogen and oxygen atoms in total. The highest BCUT2D eigenvalue weighted by Crippen LogP contribution is 2.71. The van der Waals surface area contributed by atoms with Crippen molar-refractivity contribution in [3.05, 3.63) is 71.8 Å². The summed E-state index contributed by atoms with van der Waals surface area (Å²) in [6.07, 6.45) is 0. The van der Waals surface area contributed by atoms with Crippen LogP contribution in [0.15, 0.2) is 60.7 Å². The van der Waals surface area contributed by atoms with Gasteiger partial charge in [-0.1, -0.05) is 60.7 Å². The van der Waals surface area contributed by atoms with E-state index in [0.717, 1.165) is 11.1 Å². The Morgan fingerprint density at radius 2 is 1.67 bits per heavy atom. The largest absolute Gasteiger partial charge is 0.469 e. The molecule has 140 valence electrons. The van der Waals surface area contributed by atoms with Crippen LogP contribution < -0.4 is 0 Å². The van der Waals surface area contributed by atoms with Gasteiger partial charge in [-0.15, -0.1) is 0 Å². The first-order valence-electron chi connectivity index (χ1n) is 9.24. The zero-order chi connectivity index (χ0) is 19.6. The average molecular weight is 362 g/mol. The van der Waals surface area contributed by atoms with Crippen LogP contribution in [0.2, 0.25) is 0 Å². The van der Waals surface area contributed by atoms with Gasteiger partial charge >= 0.3 is 5.97 Å². The number of hydrogen-bond acceptors (Lipinski definition) is 4. The van der Waals surface area contributed by atoms with Gasteiger partial charge in [0.25, 0.3) is 0 Å². The van der Waals surface area contributed by atoms with Crippen molar-refractivity contribution < 1.29 is 9.53 Å². The van der Waals surface area contributed by atoms with Crippen molar-refractivity contribution in [2.75, 3.05) is 21.2 Å². The Labute approximate surface area is 161 Å². The molecule has 2 aromatic rings. The van der Waals surface area contributed by atoms with Gasteiger partial charge in [0.05, 0.1) is 24.5 Å². The summed E-state index contributed by atoms with van der Waals surface area (Å²) < 4.78 is 5.11. The van der Waals surface area contributed by atoms with Crippen molar-refractivity contribution in [2.24, 2.45) is 11.3 Å². The van der Waals surface area contributed by atoms with Gasteiger partial charge in [-0.05, 0) is 32.1 Å². The van der Waals surface area contributed by atoms with Crippen LogP contribution in [0.3, 0.4) is 0 Å². The highest BCUT2D eigenvalue weighted by Gasteiger charge is 2.74. The molecule has 5 atom stereocenters. The van der Waals surface area contributed by atoms with Crippen molar-refractivity contribution in [3.63, 3.8) is 0 Å². The van der Waals surface area contributed by atoms with E-state index in [1.165, 1.54) is 7.11 Å². The van der Waals surface area contributed by atoms with Crippen LogP contribution in [0.1, 0.15) is 29.9 Å². The Kier molecular flexibility index (Phi) is 5.34. The third kappa shape index (κ3) is 3.13. The molecule has 0 radical (unpaired) electrons. The Hall–Kier alpha value is -2.64. The maximum atomic E-state index is 12.7. The Morgan fingerprint density at radius 3 is 2.15 bits per heavy atom. The molecular weight excluding hydrogens is 336 g/mol. The molecule has 0 unspecified atom stereocenters. The maximum Gasteiger partial charge on any atom is 0.311 e. The van der Waals surface area contributed by atoms with E-state index in [1.807, 2.05) is 62.6 Å². The SMILES string of the molecule is COC(=O)[C@@H]1[C@@H](c2ccccc2)[C@@]1(C#N)[C@@H](c1ccccc1)[C@H](C)N(C)C. The molecule has 0 heterocycles. The number of rotatable bonds is 6. The van der Waals surface area contributed by atoms with Crippen LogP contribution in [-0.4, -0.2) is 38.1 Å². The van der Waals surface area contributed by atoms with Crippen LogP contribution in [0, 0.1) is 22.7 Å². The van der Waals surface area contributed by atoms with Gasteiger partial charge in [0, 0.05) is 17.9 Å². The Bertz CT molecular complexity index is 828. The molecule has 0 amide bonds. The fourth-order valence-electron chi connectivity index (χ4n) is 4.50. The number of methoxy groups -OCH3 is 1. The second-order valence-corrected chi connectivity index (χ2v) is 7.53. The first-order chi connectivity index (χ1) is 13.0. The zero-order valence-corrected chi connectivity index (χ0v) is 16.3. The van der Waals surface area contributed by atoms with Crippen molar-refractivity contribution in [1.29, 1.82) is 5.26 Å². The number of carbonyl (C=O) groups excluding carboxylic acids is 1. The predicted octanol–water partition coefficient (Wildman–Crippen LogP) is 3.82. The quantitative estimate of drug-likeness (QED) is 0.733. The minimum absolute atomic E-state index is 0.0768. The number of nitrogens with zero attached hydrogens (tertiary/aromatic N) is 2. The number of benzene rings is 2. The van der Waals surface area contributed by atoms with E-state index in [2.05, 4.69) is 30.0 Å². The fraction of sp³-hybridized carbons (Fsp3) is 0.391. The molecule has 0 aromatic heterocycles. The molecule has 0 bridgehead atoms. The number of carbonyl (C=O) groups is 1. The smallest absolute Gasteiger partial charge is 0.311 e. The number of nitriles is 1. The van der Waals surface area contributed by atoms with Crippen LogP contribution in [0.25, 0.3) is 0 Å². The summed E-state index contributed by atoms with van der Waals surface area (Å²) in [7, 11) is 5.43. The molecule has 0 spiro atoms. The number of hydrogen-bond donors (Lipinski definition) is 0. The molecule has 27 heavy (non-hydrogen) atoms. The summed E-state index contributed by atoms with van der Waals surface area (Å²) in [6.45, 7) is 2.12. The third-order valence-electron chi connectivity index (χ3n) is 6.03.